The van der Waals surface area contributed by atoms with E-state index in [0.717, 1.165) is 5.56 Å². The molecule has 0 amide bonds. The molecule has 1 saturated carbocycles. The summed E-state index contributed by atoms with van der Waals surface area (Å²) in [5.74, 6) is 0.502. The fraction of sp³-hybridized carbons (Fsp3) is 0.583. The van der Waals surface area contributed by atoms with Crippen molar-refractivity contribution >= 4 is 5.82 Å². The molecule has 88 valence electrons. The van der Waals surface area contributed by atoms with Crippen LogP contribution in [0.3, 0.4) is 0 Å². The van der Waals surface area contributed by atoms with Crippen LogP contribution in [-0.4, -0.2) is 28.4 Å². The second kappa shape index (κ2) is 4.39. The van der Waals surface area contributed by atoms with Crippen LogP contribution < -0.4 is 5.73 Å². The first-order chi connectivity index (χ1) is 7.61. The molecule has 1 heterocycles. The maximum Gasteiger partial charge on any atom is 0.123 e. The normalized spacial score (nSPS) is 28.8. The summed E-state index contributed by atoms with van der Waals surface area (Å²) in [6.45, 7) is 2.68. The number of nitrogen functional groups attached to an aromatic ring is 1. The first-order valence-corrected chi connectivity index (χ1v) is 5.66. The zero-order valence-corrected chi connectivity index (χ0v) is 9.52. The molecule has 1 aliphatic carbocycles. The van der Waals surface area contributed by atoms with E-state index in [4.69, 9.17) is 10.5 Å². The van der Waals surface area contributed by atoms with Gasteiger partial charge < -0.3 is 15.6 Å². The van der Waals surface area contributed by atoms with E-state index in [1.165, 1.54) is 0 Å². The van der Waals surface area contributed by atoms with E-state index in [-0.39, 0.29) is 6.10 Å². The van der Waals surface area contributed by atoms with Gasteiger partial charge in [-0.1, -0.05) is 0 Å². The Labute approximate surface area is 95.4 Å². The number of nitrogens with two attached hydrogens (primary N) is 1. The molecule has 4 heteroatoms. The summed E-state index contributed by atoms with van der Waals surface area (Å²) in [4.78, 5) is 3.93. The molecule has 1 aromatic heterocycles. The predicted molar refractivity (Wildman–Crippen MR) is 62.0 cm³/mol. The van der Waals surface area contributed by atoms with Crippen LogP contribution in [0.5, 0.6) is 0 Å². The van der Waals surface area contributed by atoms with Gasteiger partial charge in [0.25, 0.3) is 0 Å². The number of rotatable bonds is 4. The van der Waals surface area contributed by atoms with Crippen molar-refractivity contribution in [2.45, 2.75) is 37.9 Å². The van der Waals surface area contributed by atoms with Crippen LogP contribution in [0.1, 0.15) is 25.3 Å². The number of hydrogen-bond acceptors (Lipinski definition) is 4. The van der Waals surface area contributed by atoms with E-state index in [9.17, 15) is 5.11 Å². The van der Waals surface area contributed by atoms with Crippen LogP contribution in [0, 0.1) is 0 Å². The number of aliphatic hydroxyl groups is 1. The minimum absolute atomic E-state index is 0.217. The van der Waals surface area contributed by atoms with E-state index in [1.54, 1.807) is 6.20 Å². The summed E-state index contributed by atoms with van der Waals surface area (Å²) in [6.07, 6.45) is 3.94. The molecule has 0 atom stereocenters. The molecule has 1 aromatic rings. The lowest BCUT2D eigenvalue weighted by Crippen LogP contribution is -2.49. The number of ether oxygens (including phenoxy) is 1. The number of pyridine rings is 1. The third kappa shape index (κ3) is 2.51. The minimum Gasteiger partial charge on any atom is -0.389 e. The number of hydrogen-bond donors (Lipinski definition) is 2. The molecule has 2 rings (SSSR count). The van der Waals surface area contributed by atoms with Crippen molar-refractivity contribution in [3.05, 3.63) is 23.9 Å². The van der Waals surface area contributed by atoms with E-state index in [2.05, 4.69) is 4.98 Å². The van der Waals surface area contributed by atoms with Gasteiger partial charge in [-0.25, -0.2) is 4.98 Å². The Morgan fingerprint density at radius 1 is 1.62 bits per heavy atom. The van der Waals surface area contributed by atoms with Gasteiger partial charge in [-0.3, -0.25) is 0 Å². The summed E-state index contributed by atoms with van der Waals surface area (Å²) in [5, 5.41) is 10.2. The van der Waals surface area contributed by atoms with Crippen LogP contribution in [0.25, 0.3) is 0 Å². The molecule has 16 heavy (non-hydrogen) atoms. The highest BCUT2D eigenvalue weighted by Crippen LogP contribution is 2.37. The smallest absolute Gasteiger partial charge is 0.123 e. The Bertz CT molecular complexity index is 362. The summed E-state index contributed by atoms with van der Waals surface area (Å²) in [5.41, 5.74) is 6.01. The highest BCUT2D eigenvalue weighted by molar-refractivity contribution is 5.32. The lowest BCUT2D eigenvalue weighted by Gasteiger charge is -2.43. The van der Waals surface area contributed by atoms with Gasteiger partial charge in [0, 0.05) is 32.1 Å². The van der Waals surface area contributed by atoms with Gasteiger partial charge in [-0.05, 0) is 24.6 Å². The number of nitrogens with zero attached hydrogens (tertiary/aromatic N) is 1. The zero-order valence-electron chi connectivity index (χ0n) is 9.52. The highest BCUT2D eigenvalue weighted by Gasteiger charge is 2.43. The van der Waals surface area contributed by atoms with Crippen molar-refractivity contribution in [1.82, 2.24) is 4.98 Å². The summed E-state index contributed by atoms with van der Waals surface area (Å²) in [7, 11) is 0. The van der Waals surface area contributed by atoms with Crippen molar-refractivity contribution in [1.29, 1.82) is 0 Å². The first-order valence-electron chi connectivity index (χ1n) is 5.66. The average molecular weight is 222 g/mol. The van der Waals surface area contributed by atoms with Crippen LogP contribution in [0.4, 0.5) is 5.82 Å². The molecule has 3 N–H and O–H groups in total. The molecule has 0 saturated heterocycles. The monoisotopic (exact) mass is 222 g/mol. The quantitative estimate of drug-likeness (QED) is 0.801. The maximum absolute atomic E-state index is 10.2. The Hall–Kier alpha value is -1.13. The molecule has 0 spiro atoms. The van der Waals surface area contributed by atoms with Crippen molar-refractivity contribution in [2.24, 2.45) is 0 Å². The van der Waals surface area contributed by atoms with E-state index < -0.39 is 5.60 Å². The van der Waals surface area contributed by atoms with Gasteiger partial charge >= 0.3 is 0 Å². The molecule has 0 radical (unpaired) electrons. The average Bonchev–Trinajstić information content (AvgIpc) is 2.15. The van der Waals surface area contributed by atoms with E-state index in [0.29, 0.717) is 31.7 Å². The van der Waals surface area contributed by atoms with Gasteiger partial charge in [0.1, 0.15) is 5.82 Å². The van der Waals surface area contributed by atoms with Gasteiger partial charge in [-0.2, -0.15) is 0 Å². The maximum atomic E-state index is 10.2. The molecule has 0 bridgehead atoms. The molecule has 0 aromatic carbocycles. The molecular formula is C12H18N2O2. The lowest BCUT2D eigenvalue weighted by molar-refractivity contribution is -0.136. The fourth-order valence-corrected chi connectivity index (χ4v) is 2.27. The molecular weight excluding hydrogens is 204 g/mol. The van der Waals surface area contributed by atoms with Crippen molar-refractivity contribution in [3.8, 4) is 0 Å². The van der Waals surface area contributed by atoms with Gasteiger partial charge in [0.2, 0.25) is 0 Å². The minimum atomic E-state index is -0.617. The van der Waals surface area contributed by atoms with E-state index >= 15 is 0 Å². The molecule has 1 aliphatic rings. The van der Waals surface area contributed by atoms with Crippen molar-refractivity contribution in [2.75, 3.05) is 12.3 Å². The van der Waals surface area contributed by atoms with Gasteiger partial charge in [0.15, 0.2) is 0 Å². The van der Waals surface area contributed by atoms with Crippen LogP contribution >= 0.6 is 0 Å². The van der Waals surface area contributed by atoms with Crippen LogP contribution in [-0.2, 0) is 11.2 Å². The van der Waals surface area contributed by atoms with Crippen LogP contribution in [0.2, 0.25) is 0 Å². The first kappa shape index (κ1) is 11.4. The van der Waals surface area contributed by atoms with Gasteiger partial charge in [0.05, 0.1) is 11.7 Å². The largest absolute Gasteiger partial charge is 0.389 e. The number of aromatic nitrogens is 1. The zero-order chi connectivity index (χ0) is 11.6. The topological polar surface area (TPSA) is 68.4 Å². The Balaban J connectivity index is 1.91. The van der Waals surface area contributed by atoms with Crippen molar-refractivity contribution < 1.29 is 9.84 Å². The Kier molecular flexibility index (Phi) is 3.12. The summed E-state index contributed by atoms with van der Waals surface area (Å²) >= 11 is 0. The molecule has 0 aliphatic heterocycles. The molecule has 4 nitrogen and oxygen atoms in total. The van der Waals surface area contributed by atoms with E-state index in [1.807, 2.05) is 19.1 Å². The second-order valence-corrected chi connectivity index (χ2v) is 4.48. The lowest BCUT2D eigenvalue weighted by atomic mass is 9.74. The molecule has 0 unspecified atom stereocenters. The van der Waals surface area contributed by atoms with Gasteiger partial charge in [-0.15, -0.1) is 0 Å². The predicted octanol–water partition coefficient (Wildman–Crippen LogP) is 1.14. The van der Waals surface area contributed by atoms with Crippen molar-refractivity contribution in [3.63, 3.8) is 0 Å². The Morgan fingerprint density at radius 2 is 2.38 bits per heavy atom. The standard InChI is InChI=1S/C12H18N2O2/c1-2-16-10-7-12(15,8-10)6-9-3-4-14-11(13)5-9/h3-5,10,15H,2,6-8H2,1H3,(H2,13,14). The fourth-order valence-electron chi connectivity index (χ4n) is 2.27. The second-order valence-electron chi connectivity index (χ2n) is 4.48. The SMILES string of the molecule is CCOC1CC(O)(Cc2ccnc(N)c2)C1. The third-order valence-corrected chi connectivity index (χ3v) is 3.00. The van der Waals surface area contributed by atoms with Crippen LogP contribution in [0.15, 0.2) is 18.3 Å². The molecule has 1 fully saturated rings. The summed E-state index contributed by atoms with van der Waals surface area (Å²) < 4.78 is 5.44. The summed E-state index contributed by atoms with van der Waals surface area (Å²) in [6, 6.07) is 3.70. The third-order valence-electron chi connectivity index (χ3n) is 3.00. The Morgan fingerprint density at radius 3 is 3.00 bits per heavy atom. The number of anilines is 1. The highest BCUT2D eigenvalue weighted by atomic mass is 16.5.